The molecule has 1 aromatic heterocycles. The molecule has 104 valence electrons. The van der Waals surface area contributed by atoms with Crippen molar-refractivity contribution in [3.05, 3.63) is 69.2 Å². The SMILES string of the molecule is O=C(Nc1ccc2ncccc2c1)c1cc(Br)ccc1Br. The Hall–Kier alpha value is -1.72. The second-order valence-electron chi connectivity index (χ2n) is 4.49. The fourth-order valence-electron chi connectivity index (χ4n) is 2.02. The summed E-state index contributed by atoms with van der Waals surface area (Å²) in [6.45, 7) is 0. The lowest BCUT2D eigenvalue weighted by atomic mass is 10.1. The van der Waals surface area contributed by atoms with E-state index in [1.807, 2.05) is 42.5 Å². The Morgan fingerprint density at radius 2 is 1.90 bits per heavy atom. The van der Waals surface area contributed by atoms with Gasteiger partial charge in [0.05, 0.1) is 11.1 Å². The predicted octanol–water partition coefficient (Wildman–Crippen LogP) is 5.01. The molecule has 0 fully saturated rings. The molecule has 0 aliphatic heterocycles. The van der Waals surface area contributed by atoms with Gasteiger partial charge in [0.25, 0.3) is 5.91 Å². The van der Waals surface area contributed by atoms with Crippen LogP contribution < -0.4 is 5.32 Å². The molecule has 0 spiro atoms. The molecule has 0 bridgehead atoms. The van der Waals surface area contributed by atoms with E-state index in [1.165, 1.54) is 0 Å². The first-order valence-electron chi connectivity index (χ1n) is 6.25. The molecule has 1 N–H and O–H groups in total. The molecular formula is C16H10Br2N2O. The Bertz CT molecular complexity index is 833. The van der Waals surface area contributed by atoms with Crippen LogP contribution in [-0.4, -0.2) is 10.9 Å². The van der Waals surface area contributed by atoms with Crippen molar-refractivity contribution >= 4 is 54.4 Å². The standard InChI is InChI=1S/C16H10Br2N2O/c17-11-3-5-14(18)13(9-11)16(21)20-12-4-6-15-10(8-12)2-1-7-19-15/h1-9H,(H,20,21). The first kappa shape index (κ1) is 14.2. The maximum absolute atomic E-state index is 12.3. The number of carbonyl (C=O) groups is 1. The first-order chi connectivity index (χ1) is 10.1. The molecule has 0 radical (unpaired) electrons. The van der Waals surface area contributed by atoms with E-state index in [1.54, 1.807) is 12.3 Å². The number of fused-ring (bicyclic) bond motifs is 1. The highest BCUT2D eigenvalue weighted by Crippen LogP contribution is 2.23. The third-order valence-corrected chi connectivity index (χ3v) is 4.22. The summed E-state index contributed by atoms with van der Waals surface area (Å²) in [5, 5.41) is 3.89. The second kappa shape index (κ2) is 5.95. The van der Waals surface area contributed by atoms with Crippen molar-refractivity contribution in [3.63, 3.8) is 0 Å². The Morgan fingerprint density at radius 3 is 2.76 bits per heavy atom. The minimum Gasteiger partial charge on any atom is -0.322 e. The molecule has 3 nitrogen and oxygen atoms in total. The Labute approximate surface area is 138 Å². The van der Waals surface area contributed by atoms with Crippen LogP contribution in [0.2, 0.25) is 0 Å². The molecule has 3 rings (SSSR count). The number of anilines is 1. The lowest BCUT2D eigenvalue weighted by molar-refractivity contribution is 0.102. The molecule has 3 aromatic rings. The van der Waals surface area contributed by atoms with E-state index < -0.39 is 0 Å². The van der Waals surface area contributed by atoms with Crippen molar-refractivity contribution in [2.24, 2.45) is 0 Å². The fraction of sp³-hybridized carbons (Fsp3) is 0. The predicted molar refractivity (Wildman–Crippen MR) is 91.5 cm³/mol. The number of aromatic nitrogens is 1. The number of carbonyl (C=O) groups excluding carboxylic acids is 1. The van der Waals surface area contributed by atoms with Gasteiger partial charge in [0.1, 0.15) is 0 Å². The van der Waals surface area contributed by atoms with Gasteiger partial charge in [0.15, 0.2) is 0 Å². The molecule has 0 atom stereocenters. The average molecular weight is 406 g/mol. The smallest absolute Gasteiger partial charge is 0.256 e. The number of rotatable bonds is 2. The maximum Gasteiger partial charge on any atom is 0.256 e. The highest BCUT2D eigenvalue weighted by molar-refractivity contribution is 9.11. The van der Waals surface area contributed by atoms with E-state index in [0.717, 1.165) is 25.5 Å². The summed E-state index contributed by atoms with van der Waals surface area (Å²) in [4.78, 5) is 16.6. The molecule has 1 heterocycles. The largest absolute Gasteiger partial charge is 0.322 e. The number of hydrogen-bond donors (Lipinski definition) is 1. The molecule has 0 aliphatic carbocycles. The molecule has 0 aliphatic rings. The van der Waals surface area contributed by atoms with Crippen LogP contribution in [0.1, 0.15) is 10.4 Å². The van der Waals surface area contributed by atoms with Gasteiger partial charge < -0.3 is 5.32 Å². The van der Waals surface area contributed by atoms with Gasteiger partial charge in [-0.1, -0.05) is 22.0 Å². The van der Waals surface area contributed by atoms with Crippen LogP contribution in [0.3, 0.4) is 0 Å². The van der Waals surface area contributed by atoms with Crippen molar-refractivity contribution in [1.29, 1.82) is 0 Å². The molecular weight excluding hydrogens is 396 g/mol. The molecule has 1 amide bonds. The van der Waals surface area contributed by atoms with E-state index in [4.69, 9.17) is 0 Å². The van der Waals surface area contributed by atoms with Crippen LogP contribution in [-0.2, 0) is 0 Å². The number of nitrogens with one attached hydrogen (secondary N) is 1. The number of benzene rings is 2. The Balaban J connectivity index is 1.90. The summed E-state index contributed by atoms with van der Waals surface area (Å²) >= 11 is 6.77. The van der Waals surface area contributed by atoms with Crippen LogP contribution in [0, 0.1) is 0 Å². The van der Waals surface area contributed by atoms with E-state index >= 15 is 0 Å². The average Bonchev–Trinajstić information content (AvgIpc) is 2.49. The Kier molecular flexibility index (Phi) is 4.03. The minimum absolute atomic E-state index is 0.161. The van der Waals surface area contributed by atoms with Crippen LogP contribution in [0.5, 0.6) is 0 Å². The first-order valence-corrected chi connectivity index (χ1v) is 7.83. The molecule has 0 unspecified atom stereocenters. The van der Waals surface area contributed by atoms with Gasteiger partial charge in [0.2, 0.25) is 0 Å². The Morgan fingerprint density at radius 1 is 1.05 bits per heavy atom. The fourth-order valence-corrected chi connectivity index (χ4v) is 2.81. The monoisotopic (exact) mass is 404 g/mol. The van der Waals surface area contributed by atoms with Gasteiger partial charge in [-0.05, 0) is 58.4 Å². The zero-order valence-corrected chi connectivity index (χ0v) is 14.0. The zero-order valence-electron chi connectivity index (χ0n) is 10.8. The van der Waals surface area contributed by atoms with Gasteiger partial charge in [-0.25, -0.2) is 0 Å². The van der Waals surface area contributed by atoms with Crippen molar-refractivity contribution in [2.45, 2.75) is 0 Å². The summed E-state index contributed by atoms with van der Waals surface area (Å²) in [6, 6.07) is 15.0. The summed E-state index contributed by atoms with van der Waals surface area (Å²) in [5.74, 6) is -0.161. The molecule has 2 aromatic carbocycles. The van der Waals surface area contributed by atoms with Crippen molar-refractivity contribution in [2.75, 3.05) is 5.32 Å². The summed E-state index contributed by atoms with van der Waals surface area (Å²) in [7, 11) is 0. The van der Waals surface area contributed by atoms with Gasteiger partial charge in [0, 0.05) is 26.2 Å². The lowest BCUT2D eigenvalue weighted by Gasteiger charge is -2.08. The summed E-state index contributed by atoms with van der Waals surface area (Å²) in [5.41, 5.74) is 2.22. The van der Waals surface area contributed by atoms with Crippen LogP contribution in [0.4, 0.5) is 5.69 Å². The number of nitrogens with zero attached hydrogens (tertiary/aromatic N) is 1. The molecule has 0 saturated carbocycles. The topological polar surface area (TPSA) is 42.0 Å². The van der Waals surface area contributed by atoms with Gasteiger partial charge in [-0.15, -0.1) is 0 Å². The molecule has 0 saturated heterocycles. The zero-order chi connectivity index (χ0) is 14.8. The van der Waals surface area contributed by atoms with Gasteiger partial charge in [-0.3, -0.25) is 9.78 Å². The van der Waals surface area contributed by atoms with Crippen LogP contribution in [0.15, 0.2) is 63.7 Å². The summed E-state index contributed by atoms with van der Waals surface area (Å²) < 4.78 is 1.62. The number of hydrogen-bond acceptors (Lipinski definition) is 2. The molecule has 5 heteroatoms. The van der Waals surface area contributed by atoms with E-state index in [0.29, 0.717) is 5.56 Å². The van der Waals surface area contributed by atoms with E-state index in [9.17, 15) is 4.79 Å². The van der Waals surface area contributed by atoms with Crippen molar-refractivity contribution < 1.29 is 4.79 Å². The number of pyridine rings is 1. The van der Waals surface area contributed by atoms with Crippen LogP contribution in [0.25, 0.3) is 10.9 Å². The minimum atomic E-state index is -0.161. The highest BCUT2D eigenvalue weighted by atomic mass is 79.9. The second-order valence-corrected chi connectivity index (χ2v) is 6.26. The third kappa shape index (κ3) is 3.14. The van der Waals surface area contributed by atoms with Crippen molar-refractivity contribution in [3.8, 4) is 0 Å². The lowest BCUT2D eigenvalue weighted by Crippen LogP contribution is -2.12. The van der Waals surface area contributed by atoms with E-state index in [2.05, 4.69) is 42.2 Å². The van der Waals surface area contributed by atoms with Crippen LogP contribution >= 0.6 is 31.9 Å². The molecule has 21 heavy (non-hydrogen) atoms. The van der Waals surface area contributed by atoms with Crippen molar-refractivity contribution in [1.82, 2.24) is 4.98 Å². The van der Waals surface area contributed by atoms with Gasteiger partial charge >= 0.3 is 0 Å². The quantitative estimate of drug-likeness (QED) is 0.650. The summed E-state index contributed by atoms with van der Waals surface area (Å²) in [6.07, 6.45) is 1.75. The number of halogens is 2. The maximum atomic E-state index is 12.3. The number of amides is 1. The van der Waals surface area contributed by atoms with Gasteiger partial charge in [-0.2, -0.15) is 0 Å². The third-order valence-electron chi connectivity index (χ3n) is 3.03. The highest BCUT2D eigenvalue weighted by Gasteiger charge is 2.11. The normalized spacial score (nSPS) is 10.6. The van der Waals surface area contributed by atoms with E-state index in [-0.39, 0.29) is 5.91 Å².